The summed E-state index contributed by atoms with van der Waals surface area (Å²) in [6.45, 7) is 3.12. The molecule has 0 radical (unpaired) electrons. The maximum absolute atomic E-state index is 12.9. The van der Waals surface area contributed by atoms with Crippen molar-refractivity contribution in [2.45, 2.75) is 17.9 Å². The Hall–Kier alpha value is -1.51. The molecule has 1 aliphatic heterocycles. The van der Waals surface area contributed by atoms with Gasteiger partial charge in [0.1, 0.15) is 5.82 Å². The number of sulfonamides is 1. The molecule has 1 aliphatic rings. The van der Waals surface area contributed by atoms with E-state index in [0.717, 1.165) is 12.1 Å². The van der Waals surface area contributed by atoms with E-state index in [2.05, 4.69) is 0 Å². The van der Waals surface area contributed by atoms with Gasteiger partial charge in [0, 0.05) is 26.2 Å². The van der Waals surface area contributed by atoms with Crippen molar-refractivity contribution >= 4 is 15.9 Å². The van der Waals surface area contributed by atoms with E-state index in [0.29, 0.717) is 13.1 Å². The third kappa shape index (κ3) is 3.39. The second-order valence-corrected chi connectivity index (χ2v) is 6.91. The van der Waals surface area contributed by atoms with Gasteiger partial charge in [0.15, 0.2) is 0 Å². The van der Waals surface area contributed by atoms with E-state index >= 15 is 0 Å². The Labute approximate surface area is 123 Å². The largest absolute Gasteiger partial charge is 0.368 e. The van der Waals surface area contributed by atoms with Crippen molar-refractivity contribution in [3.8, 4) is 0 Å². The number of amides is 1. The van der Waals surface area contributed by atoms with Gasteiger partial charge in [-0.3, -0.25) is 9.69 Å². The van der Waals surface area contributed by atoms with E-state index in [-0.39, 0.29) is 18.0 Å². The topological polar surface area (TPSA) is 83.7 Å². The molecule has 1 heterocycles. The van der Waals surface area contributed by atoms with Crippen LogP contribution in [0.25, 0.3) is 0 Å². The zero-order valence-corrected chi connectivity index (χ0v) is 12.5. The molecule has 0 aliphatic carbocycles. The van der Waals surface area contributed by atoms with E-state index < -0.39 is 27.8 Å². The first-order valence-electron chi connectivity index (χ1n) is 6.61. The summed E-state index contributed by atoms with van der Waals surface area (Å²) in [5.74, 6) is -0.904. The number of nitrogens with zero attached hydrogens (tertiary/aromatic N) is 2. The Morgan fingerprint density at radius 3 is 2.19 bits per heavy atom. The zero-order chi connectivity index (χ0) is 15.6. The molecule has 1 atom stereocenters. The van der Waals surface area contributed by atoms with Gasteiger partial charge in [-0.05, 0) is 31.2 Å². The molecule has 21 heavy (non-hydrogen) atoms. The summed E-state index contributed by atoms with van der Waals surface area (Å²) in [5.41, 5.74) is 5.24. The normalized spacial score (nSPS) is 19.3. The summed E-state index contributed by atoms with van der Waals surface area (Å²) in [7, 11) is -3.62. The van der Waals surface area contributed by atoms with Gasteiger partial charge in [0.05, 0.1) is 10.9 Å². The SMILES string of the molecule is CC(C(N)=O)N1CCN(S(=O)(=O)c2ccc(F)cc2)CC1. The molecule has 1 fully saturated rings. The molecule has 1 amide bonds. The summed E-state index contributed by atoms with van der Waals surface area (Å²) in [4.78, 5) is 13.1. The van der Waals surface area contributed by atoms with Crippen LogP contribution in [-0.4, -0.2) is 55.8 Å². The van der Waals surface area contributed by atoms with Crippen molar-refractivity contribution in [3.63, 3.8) is 0 Å². The number of hydrogen-bond donors (Lipinski definition) is 1. The molecule has 0 spiro atoms. The Morgan fingerprint density at radius 1 is 1.19 bits per heavy atom. The second kappa shape index (κ2) is 6.08. The van der Waals surface area contributed by atoms with Crippen LogP contribution in [0, 0.1) is 5.82 Å². The highest BCUT2D eigenvalue weighted by atomic mass is 32.2. The molecule has 0 bridgehead atoms. The van der Waals surface area contributed by atoms with Crippen LogP contribution in [0.5, 0.6) is 0 Å². The van der Waals surface area contributed by atoms with Crippen molar-refractivity contribution in [2.24, 2.45) is 5.73 Å². The van der Waals surface area contributed by atoms with Gasteiger partial charge in [-0.2, -0.15) is 4.31 Å². The molecule has 1 aromatic carbocycles. The second-order valence-electron chi connectivity index (χ2n) is 4.97. The average Bonchev–Trinajstić information content (AvgIpc) is 2.47. The summed E-state index contributed by atoms with van der Waals surface area (Å²) in [6, 6.07) is 4.34. The molecule has 1 saturated heterocycles. The standard InChI is InChI=1S/C13H18FN3O3S/c1-10(13(15)18)16-6-8-17(9-7-16)21(19,20)12-4-2-11(14)3-5-12/h2-5,10H,6-9H2,1H3,(H2,15,18). The van der Waals surface area contributed by atoms with E-state index in [1.807, 2.05) is 4.90 Å². The highest BCUT2D eigenvalue weighted by Gasteiger charge is 2.31. The molecule has 116 valence electrons. The first-order valence-corrected chi connectivity index (χ1v) is 8.05. The zero-order valence-electron chi connectivity index (χ0n) is 11.7. The van der Waals surface area contributed by atoms with E-state index in [4.69, 9.17) is 5.73 Å². The Balaban J connectivity index is 2.07. The first kappa shape index (κ1) is 15.9. The first-order chi connectivity index (χ1) is 9.82. The quantitative estimate of drug-likeness (QED) is 0.848. The van der Waals surface area contributed by atoms with Crippen LogP contribution in [0.4, 0.5) is 4.39 Å². The third-order valence-corrected chi connectivity index (χ3v) is 5.60. The number of halogens is 1. The number of rotatable bonds is 4. The van der Waals surface area contributed by atoms with E-state index in [1.165, 1.54) is 16.4 Å². The lowest BCUT2D eigenvalue weighted by Gasteiger charge is -2.36. The highest BCUT2D eigenvalue weighted by Crippen LogP contribution is 2.18. The van der Waals surface area contributed by atoms with Crippen molar-refractivity contribution in [2.75, 3.05) is 26.2 Å². The molecule has 1 unspecified atom stereocenters. The molecule has 0 saturated carbocycles. The molecule has 2 N–H and O–H groups in total. The van der Waals surface area contributed by atoms with Crippen LogP contribution in [-0.2, 0) is 14.8 Å². The number of benzene rings is 1. The summed E-state index contributed by atoms with van der Waals surface area (Å²) in [6.07, 6.45) is 0. The highest BCUT2D eigenvalue weighted by molar-refractivity contribution is 7.89. The van der Waals surface area contributed by atoms with Crippen molar-refractivity contribution in [3.05, 3.63) is 30.1 Å². The number of hydrogen-bond acceptors (Lipinski definition) is 4. The van der Waals surface area contributed by atoms with E-state index in [9.17, 15) is 17.6 Å². The van der Waals surface area contributed by atoms with Gasteiger partial charge in [-0.15, -0.1) is 0 Å². The summed E-state index contributed by atoms with van der Waals surface area (Å²) in [5, 5.41) is 0. The minimum Gasteiger partial charge on any atom is -0.368 e. The van der Waals surface area contributed by atoms with Gasteiger partial charge < -0.3 is 5.73 Å². The van der Waals surface area contributed by atoms with Crippen LogP contribution in [0.3, 0.4) is 0 Å². The van der Waals surface area contributed by atoms with Gasteiger partial charge >= 0.3 is 0 Å². The van der Waals surface area contributed by atoms with Gasteiger partial charge in [-0.25, -0.2) is 12.8 Å². The Morgan fingerprint density at radius 2 is 1.71 bits per heavy atom. The van der Waals surface area contributed by atoms with Crippen LogP contribution in [0.1, 0.15) is 6.92 Å². The van der Waals surface area contributed by atoms with E-state index in [1.54, 1.807) is 6.92 Å². The number of carbonyl (C=O) groups excluding carboxylic acids is 1. The van der Waals surface area contributed by atoms with Crippen molar-refractivity contribution in [1.29, 1.82) is 0 Å². The lowest BCUT2D eigenvalue weighted by molar-refractivity contribution is -0.123. The van der Waals surface area contributed by atoms with Gasteiger partial charge in [0.25, 0.3) is 0 Å². The van der Waals surface area contributed by atoms with Crippen LogP contribution in [0.15, 0.2) is 29.2 Å². The van der Waals surface area contributed by atoms with Gasteiger partial charge in [-0.1, -0.05) is 0 Å². The number of primary amides is 1. The molecular weight excluding hydrogens is 297 g/mol. The predicted molar refractivity (Wildman–Crippen MR) is 75.4 cm³/mol. The van der Waals surface area contributed by atoms with Gasteiger partial charge in [0.2, 0.25) is 15.9 Å². The maximum atomic E-state index is 12.9. The lowest BCUT2D eigenvalue weighted by atomic mass is 10.2. The number of piperazine rings is 1. The minimum atomic E-state index is -3.62. The molecule has 8 heteroatoms. The van der Waals surface area contributed by atoms with Crippen LogP contribution in [0.2, 0.25) is 0 Å². The molecule has 1 aromatic rings. The van der Waals surface area contributed by atoms with Crippen molar-refractivity contribution in [1.82, 2.24) is 9.21 Å². The Bertz CT molecular complexity index is 610. The molecular formula is C13H18FN3O3S. The van der Waals surface area contributed by atoms with Crippen LogP contribution < -0.4 is 5.73 Å². The number of nitrogens with two attached hydrogens (primary N) is 1. The average molecular weight is 315 g/mol. The predicted octanol–water partition coefficient (Wildman–Crippen LogP) is 0.00580. The maximum Gasteiger partial charge on any atom is 0.243 e. The fraction of sp³-hybridized carbons (Fsp3) is 0.462. The number of carbonyl (C=O) groups is 1. The van der Waals surface area contributed by atoms with Crippen LogP contribution >= 0.6 is 0 Å². The molecule has 0 aromatic heterocycles. The summed E-state index contributed by atoms with van der Waals surface area (Å²) >= 11 is 0. The minimum absolute atomic E-state index is 0.0697. The van der Waals surface area contributed by atoms with Crippen molar-refractivity contribution < 1.29 is 17.6 Å². The monoisotopic (exact) mass is 315 g/mol. The Kier molecular flexibility index (Phi) is 4.60. The lowest BCUT2D eigenvalue weighted by Crippen LogP contribution is -2.54. The molecule has 2 rings (SSSR count). The fourth-order valence-electron chi connectivity index (χ4n) is 2.27. The third-order valence-electron chi connectivity index (χ3n) is 3.68. The fourth-order valence-corrected chi connectivity index (χ4v) is 3.69. The summed E-state index contributed by atoms with van der Waals surface area (Å²) < 4.78 is 39.0. The smallest absolute Gasteiger partial charge is 0.243 e. The molecule has 6 nitrogen and oxygen atoms in total.